The zero-order valence-corrected chi connectivity index (χ0v) is 12.8. The van der Waals surface area contributed by atoms with Gasteiger partial charge in [0.1, 0.15) is 5.82 Å². The summed E-state index contributed by atoms with van der Waals surface area (Å²) in [5, 5.41) is 3.08. The van der Waals surface area contributed by atoms with Crippen LogP contribution in [-0.2, 0) is 16.1 Å². The molecular formula is C15H25N3O2. The molecular weight excluding hydrogens is 254 g/mol. The summed E-state index contributed by atoms with van der Waals surface area (Å²) in [5.74, 6) is 1.48. The molecule has 112 valence electrons. The van der Waals surface area contributed by atoms with E-state index in [1.807, 2.05) is 6.20 Å². The summed E-state index contributed by atoms with van der Waals surface area (Å²) in [5.41, 5.74) is 0.0216. The van der Waals surface area contributed by atoms with Crippen molar-refractivity contribution < 1.29 is 9.53 Å². The van der Waals surface area contributed by atoms with Crippen LogP contribution in [0.25, 0.3) is 0 Å². The Bertz CT molecular complexity index is 465. The summed E-state index contributed by atoms with van der Waals surface area (Å²) in [6.45, 7) is 10.5. The number of carbonyl (C=O) groups excluding carboxylic acids is 1. The van der Waals surface area contributed by atoms with E-state index < -0.39 is 0 Å². The third-order valence-electron chi connectivity index (χ3n) is 3.88. The highest BCUT2D eigenvalue weighted by Gasteiger charge is 2.36. The number of rotatable bonds is 5. The lowest BCUT2D eigenvalue weighted by atomic mass is 9.88. The zero-order chi connectivity index (χ0) is 14.8. The van der Waals surface area contributed by atoms with E-state index in [9.17, 15) is 4.79 Å². The van der Waals surface area contributed by atoms with Crippen molar-refractivity contribution in [2.75, 3.05) is 13.2 Å². The van der Waals surface area contributed by atoms with Crippen molar-refractivity contribution in [1.29, 1.82) is 0 Å². The first kappa shape index (κ1) is 15.0. The molecule has 5 heteroatoms. The molecule has 0 radical (unpaired) electrons. The molecule has 1 saturated heterocycles. The van der Waals surface area contributed by atoms with Crippen molar-refractivity contribution in [3.63, 3.8) is 0 Å². The Balaban J connectivity index is 1.85. The number of ether oxygens (including phenoxy) is 1. The molecule has 0 spiro atoms. The van der Waals surface area contributed by atoms with Gasteiger partial charge in [-0.2, -0.15) is 0 Å². The van der Waals surface area contributed by atoms with Crippen molar-refractivity contribution in [2.45, 2.75) is 52.6 Å². The lowest BCUT2D eigenvalue weighted by molar-refractivity contribution is -0.122. The zero-order valence-electron chi connectivity index (χ0n) is 12.8. The van der Waals surface area contributed by atoms with Crippen LogP contribution in [0.2, 0.25) is 0 Å². The van der Waals surface area contributed by atoms with Crippen LogP contribution in [-0.4, -0.2) is 34.7 Å². The largest absolute Gasteiger partial charge is 0.379 e. The van der Waals surface area contributed by atoms with Gasteiger partial charge in [-0.15, -0.1) is 0 Å². The van der Waals surface area contributed by atoms with Gasteiger partial charge in [0, 0.05) is 36.7 Å². The van der Waals surface area contributed by atoms with Crippen LogP contribution in [0.1, 0.15) is 45.9 Å². The molecule has 1 N–H and O–H groups in total. The first-order chi connectivity index (χ1) is 9.40. The monoisotopic (exact) mass is 279 g/mol. The molecule has 2 heterocycles. The van der Waals surface area contributed by atoms with Crippen molar-refractivity contribution in [3.8, 4) is 0 Å². The van der Waals surface area contributed by atoms with Crippen LogP contribution >= 0.6 is 0 Å². The fraction of sp³-hybridized carbons (Fsp3) is 0.733. The average Bonchev–Trinajstić information content (AvgIpc) is 2.94. The van der Waals surface area contributed by atoms with Gasteiger partial charge in [-0.25, -0.2) is 4.98 Å². The second kappa shape index (κ2) is 5.95. The van der Waals surface area contributed by atoms with E-state index in [4.69, 9.17) is 4.74 Å². The topological polar surface area (TPSA) is 56.2 Å². The van der Waals surface area contributed by atoms with Gasteiger partial charge in [-0.05, 0) is 0 Å². The Morgan fingerprint density at radius 3 is 2.95 bits per heavy atom. The minimum Gasteiger partial charge on any atom is -0.379 e. The van der Waals surface area contributed by atoms with E-state index >= 15 is 0 Å². The maximum absolute atomic E-state index is 12.1. The number of amides is 1. The third kappa shape index (κ3) is 3.39. The van der Waals surface area contributed by atoms with Crippen molar-refractivity contribution in [2.24, 2.45) is 5.41 Å². The van der Waals surface area contributed by atoms with Gasteiger partial charge in [-0.3, -0.25) is 4.79 Å². The lowest BCUT2D eigenvalue weighted by Gasteiger charge is -2.25. The fourth-order valence-corrected chi connectivity index (χ4v) is 2.50. The number of nitrogens with zero attached hydrogens (tertiary/aromatic N) is 2. The van der Waals surface area contributed by atoms with E-state index in [0.717, 1.165) is 5.82 Å². The highest BCUT2D eigenvalue weighted by molar-refractivity contribution is 5.76. The molecule has 0 saturated carbocycles. The molecule has 20 heavy (non-hydrogen) atoms. The van der Waals surface area contributed by atoms with Crippen LogP contribution in [0.5, 0.6) is 0 Å². The molecule has 1 aliphatic heterocycles. The Morgan fingerprint density at radius 2 is 2.35 bits per heavy atom. The van der Waals surface area contributed by atoms with Crippen LogP contribution in [0.3, 0.4) is 0 Å². The molecule has 1 fully saturated rings. The molecule has 0 bridgehead atoms. The summed E-state index contributed by atoms with van der Waals surface area (Å²) in [6, 6.07) is 0.113. The number of imidazole rings is 1. The number of carbonyl (C=O) groups is 1. The van der Waals surface area contributed by atoms with Gasteiger partial charge in [0.25, 0.3) is 0 Å². The summed E-state index contributed by atoms with van der Waals surface area (Å²) in [4.78, 5) is 16.4. The Morgan fingerprint density at radius 1 is 1.60 bits per heavy atom. The fourth-order valence-electron chi connectivity index (χ4n) is 2.50. The Labute approximate surface area is 120 Å². The van der Waals surface area contributed by atoms with E-state index in [1.54, 1.807) is 6.20 Å². The number of hydrogen-bond donors (Lipinski definition) is 1. The molecule has 1 unspecified atom stereocenters. The molecule has 1 aromatic rings. The van der Waals surface area contributed by atoms with Crippen molar-refractivity contribution in [3.05, 3.63) is 18.2 Å². The van der Waals surface area contributed by atoms with Gasteiger partial charge < -0.3 is 14.6 Å². The smallest absolute Gasteiger partial charge is 0.222 e. The predicted molar refractivity (Wildman–Crippen MR) is 77.5 cm³/mol. The minimum atomic E-state index is 0.0216. The summed E-state index contributed by atoms with van der Waals surface area (Å²) in [6.07, 6.45) is 4.20. The molecule has 1 aliphatic rings. The molecule has 1 aromatic heterocycles. The van der Waals surface area contributed by atoms with E-state index in [0.29, 0.717) is 32.1 Å². The van der Waals surface area contributed by atoms with Crippen LogP contribution < -0.4 is 5.32 Å². The highest BCUT2D eigenvalue weighted by Crippen LogP contribution is 2.27. The van der Waals surface area contributed by atoms with Gasteiger partial charge in [0.05, 0.1) is 19.3 Å². The summed E-state index contributed by atoms with van der Waals surface area (Å²) in [7, 11) is 0. The van der Waals surface area contributed by atoms with E-state index in [-0.39, 0.29) is 17.4 Å². The van der Waals surface area contributed by atoms with Gasteiger partial charge in [-0.1, -0.05) is 27.7 Å². The number of aromatic nitrogens is 2. The van der Waals surface area contributed by atoms with Crippen LogP contribution in [0.4, 0.5) is 0 Å². The van der Waals surface area contributed by atoms with Crippen LogP contribution in [0.15, 0.2) is 12.4 Å². The molecule has 1 amide bonds. The number of hydrogen-bond acceptors (Lipinski definition) is 3. The maximum Gasteiger partial charge on any atom is 0.222 e. The normalized spacial score (nSPS) is 21.4. The number of aryl methyl sites for hydroxylation is 1. The maximum atomic E-state index is 12.1. The quantitative estimate of drug-likeness (QED) is 0.896. The summed E-state index contributed by atoms with van der Waals surface area (Å²) < 4.78 is 7.50. The van der Waals surface area contributed by atoms with Gasteiger partial charge in [0.2, 0.25) is 5.91 Å². The second-order valence-electron chi connectivity index (χ2n) is 6.51. The standard InChI is InChI=1S/C15H25N3O2/c1-11(2)14-16-6-8-18(14)7-5-13(19)17-12-9-20-10-15(12,3)4/h6,8,11-12H,5,7,9-10H2,1-4H3,(H,17,19). The summed E-state index contributed by atoms with van der Waals surface area (Å²) >= 11 is 0. The van der Waals surface area contributed by atoms with Gasteiger partial charge >= 0.3 is 0 Å². The third-order valence-corrected chi connectivity index (χ3v) is 3.88. The first-order valence-corrected chi connectivity index (χ1v) is 7.28. The van der Waals surface area contributed by atoms with Gasteiger partial charge in [0.15, 0.2) is 0 Å². The molecule has 2 rings (SSSR count). The molecule has 0 aliphatic carbocycles. The highest BCUT2D eigenvalue weighted by atomic mass is 16.5. The van der Waals surface area contributed by atoms with E-state index in [1.165, 1.54) is 0 Å². The van der Waals surface area contributed by atoms with Crippen molar-refractivity contribution in [1.82, 2.24) is 14.9 Å². The SMILES string of the molecule is CC(C)c1nccn1CCC(=O)NC1COCC1(C)C. The Hall–Kier alpha value is -1.36. The minimum absolute atomic E-state index is 0.0216. The second-order valence-corrected chi connectivity index (χ2v) is 6.51. The Kier molecular flexibility index (Phi) is 4.48. The first-order valence-electron chi connectivity index (χ1n) is 7.28. The lowest BCUT2D eigenvalue weighted by Crippen LogP contribution is -2.44. The molecule has 0 aromatic carbocycles. The van der Waals surface area contributed by atoms with E-state index in [2.05, 4.69) is 42.6 Å². The number of nitrogens with one attached hydrogen (secondary N) is 1. The molecule has 5 nitrogen and oxygen atoms in total. The van der Waals surface area contributed by atoms with Crippen molar-refractivity contribution >= 4 is 5.91 Å². The molecule has 1 atom stereocenters. The predicted octanol–water partition coefficient (Wildman–Crippen LogP) is 1.94. The van der Waals surface area contributed by atoms with Crippen LogP contribution in [0, 0.1) is 5.41 Å². The average molecular weight is 279 g/mol.